The van der Waals surface area contributed by atoms with Crippen LogP contribution in [-0.2, 0) is 14.8 Å². The Labute approximate surface area is 171 Å². The summed E-state index contributed by atoms with van der Waals surface area (Å²) < 4.78 is 38.4. The Morgan fingerprint density at radius 2 is 1.83 bits per heavy atom. The van der Waals surface area contributed by atoms with Gasteiger partial charge < -0.3 is 14.4 Å². The molecule has 1 heterocycles. The van der Waals surface area contributed by atoms with E-state index >= 15 is 0 Å². The lowest BCUT2D eigenvalue weighted by Gasteiger charge is -2.33. The fraction of sp³-hybridized carbons (Fsp3) is 0.381. The molecule has 1 amide bonds. The quantitative estimate of drug-likeness (QED) is 0.721. The second kappa shape index (κ2) is 8.84. The summed E-state index contributed by atoms with van der Waals surface area (Å²) in [6, 6.07) is 14.0. The van der Waals surface area contributed by atoms with Crippen LogP contribution in [0.4, 0.5) is 5.69 Å². The molecule has 7 nitrogen and oxygen atoms in total. The Kier molecular flexibility index (Phi) is 6.44. The zero-order chi connectivity index (χ0) is 21.0. The van der Waals surface area contributed by atoms with Crippen molar-refractivity contribution in [2.24, 2.45) is 5.92 Å². The van der Waals surface area contributed by atoms with Crippen LogP contribution in [-0.4, -0.2) is 53.0 Å². The largest absolute Gasteiger partial charge is 0.497 e. The third-order valence-electron chi connectivity index (χ3n) is 5.20. The van der Waals surface area contributed by atoms with Crippen molar-refractivity contribution < 1.29 is 22.7 Å². The van der Waals surface area contributed by atoms with Crippen molar-refractivity contribution in [2.45, 2.75) is 17.7 Å². The highest BCUT2D eigenvalue weighted by atomic mass is 32.2. The van der Waals surface area contributed by atoms with Gasteiger partial charge in [-0.1, -0.05) is 18.2 Å². The first-order valence-corrected chi connectivity index (χ1v) is 10.9. The van der Waals surface area contributed by atoms with E-state index in [1.54, 1.807) is 24.1 Å². The number of anilines is 1. The van der Waals surface area contributed by atoms with E-state index in [1.165, 1.54) is 24.6 Å². The molecule has 8 heteroatoms. The fourth-order valence-corrected chi connectivity index (χ4v) is 5.23. The van der Waals surface area contributed by atoms with E-state index in [4.69, 9.17) is 9.47 Å². The first kappa shape index (κ1) is 21.1. The lowest BCUT2D eigenvalue weighted by Crippen LogP contribution is -2.46. The summed E-state index contributed by atoms with van der Waals surface area (Å²) in [5.41, 5.74) is 0.784. The highest BCUT2D eigenvalue weighted by molar-refractivity contribution is 7.89. The van der Waals surface area contributed by atoms with Crippen molar-refractivity contribution in [1.82, 2.24) is 4.31 Å². The van der Waals surface area contributed by atoms with Gasteiger partial charge in [0.15, 0.2) is 0 Å². The lowest BCUT2D eigenvalue weighted by atomic mass is 9.98. The standard InChI is InChI=1S/C21H26N2O5S/c1-22(17-9-5-4-6-10-17)21(24)16-8-7-13-23(15-16)29(25,26)20-14-18(27-2)11-12-19(20)28-3/h4-6,9-12,14,16H,7-8,13,15H2,1-3H3/t16-/m0/s1. The summed E-state index contributed by atoms with van der Waals surface area (Å²) in [5, 5.41) is 0. The van der Waals surface area contributed by atoms with E-state index in [9.17, 15) is 13.2 Å². The van der Waals surface area contributed by atoms with E-state index in [2.05, 4.69) is 0 Å². The molecule has 0 unspecified atom stereocenters. The number of carbonyl (C=O) groups is 1. The predicted octanol–water partition coefficient (Wildman–Crippen LogP) is 2.77. The van der Waals surface area contributed by atoms with E-state index < -0.39 is 15.9 Å². The van der Waals surface area contributed by atoms with E-state index in [-0.39, 0.29) is 23.1 Å². The van der Waals surface area contributed by atoms with Crippen LogP contribution in [0.1, 0.15) is 12.8 Å². The Bertz CT molecular complexity index is 962. The van der Waals surface area contributed by atoms with E-state index in [0.29, 0.717) is 25.1 Å². The maximum Gasteiger partial charge on any atom is 0.246 e. The van der Waals surface area contributed by atoms with Crippen LogP contribution < -0.4 is 14.4 Å². The number of nitrogens with zero attached hydrogens (tertiary/aromatic N) is 2. The first-order chi connectivity index (χ1) is 13.9. The molecule has 1 atom stereocenters. The Morgan fingerprint density at radius 3 is 2.48 bits per heavy atom. The molecule has 0 spiro atoms. The summed E-state index contributed by atoms with van der Waals surface area (Å²) in [7, 11) is 0.790. The van der Waals surface area contributed by atoms with Crippen molar-refractivity contribution >= 4 is 21.6 Å². The van der Waals surface area contributed by atoms with Crippen LogP contribution in [0.25, 0.3) is 0 Å². The van der Waals surface area contributed by atoms with Gasteiger partial charge in [-0.05, 0) is 37.1 Å². The molecule has 0 aromatic heterocycles. The molecule has 156 valence electrons. The van der Waals surface area contributed by atoms with Gasteiger partial charge in [0, 0.05) is 31.9 Å². The molecule has 1 aliphatic rings. The normalized spacial score (nSPS) is 17.6. The number of rotatable bonds is 6. The number of ether oxygens (including phenoxy) is 2. The minimum absolute atomic E-state index is 0.0452. The number of benzene rings is 2. The molecule has 3 rings (SSSR count). The number of hydrogen-bond donors (Lipinski definition) is 0. The highest BCUT2D eigenvalue weighted by Gasteiger charge is 2.36. The van der Waals surface area contributed by atoms with Gasteiger partial charge in [-0.15, -0.1) is 0 Å². The third kappa shape index (κ3) is 4.38. The van der Waals surface area contributed by atoms with Crippen molar-refractivity contribution in [3.63, 3.8) is 0 Å². The molecule has 0 aliphatic carbocycles. The van der Waals surface area contributed by atoms with Crippen LogP contribution >= 0.6 is 0 Å². The van der Waals surface area contributed by atoms with Gasteiger partial charge in [-0.3, -0.25) is 4.79 Å². The molecular weight excluding hydrogens is 392 g/mol. The van der Waals surface area contributed by atoms with Crippen molar-refractivity contribution in [2.75, 3.05) is 39.3 Å². The van der Waals surface area contributed by atoms with Gasteiger partial charge in [-0.2, -0.15) is 4.31 Å². The zero-order valence-corrected chi connectivity index (χ0v) is 17.7. The first-order valence-electron chi connectivity index (χ1n) is 9.43. The predicted molar refractivity (Wildman–Crippen MR) is 111 cm³/mol. The molecule has 1 aliphatic heterocycles. The van der Waals surface area contributed by atoms with Gasteiger partial charge in [0.05, 0.1) is 20.1 Å². The number of hydrogen-bond acceptors (Lipinski definition) is 5. The summed E-state index contributed by atoms with van der Waals surface area (Å²) >= 11 is 0. The molecule has 0 radical (unpaired) electrons. The molecule has 0 saturated carbocycles. The number of amides is 1. The maximum absolute atomic E-state index is 13.3. The van der Waals surface area contributed by atoms with Crippen molar-refractivity contribution in [3.05, 3.63) is 48.5 Å². The summed E-state index contributed by atoms with van der Waals surface area (Å²) in [6.45, 7) is 0.500. The molecule has 1 saturated heterocycles. The number of sulfonamides is 1. The second-order valence-electron chi connectivity index (χ2n) is 6.95. The number of para-hydroxylation sites is 1. The molecule has 0 N–H and O–H groups in total. The number of piperidine rings is 1. The lowest BCUT2D eigenvalue weighted by molar-refractivity contribution is -0.123. The Hall–Kier alpha value is -2.58. The smallest absolute Gasteiger partial charge is 0.246 e. The Morgan fingerprint density at radius 1 is 1.10 bits per heavy atom. The van der Waals surface area contributed by atoms with Gasteiger partial charge in [0.2, 0.25) is 15.9 Å². The molecule has 0 bridgehead atoms. The summed E-state index contributed by atoms with van der Waals surface area (Å²) in [6.07, 6.45) is 1.27. The van der Waals surface area contributed by atoms with Crippen molar-refractivity contribution in [3.8, 4) is 11.5 Å². The molecular formula is C21H26N2O5S. The number of methoxy groups -OCH3 is 2. The monoisotopic (exact) mass is 418 g/mol. The second-order valence-corrected chi connectivity index (χ2v) is 8.86. The number of carbonyl (C=O) groups excluding carboxylic acids is 1. The van der Waals surface area contributed by atoms with Gasteiger partial charge in [-0.25, -0.2) is 8.42 Å². The Balaban J connectivity index is 1.84. The average Bonchev–Trinajstić information content (AvgIpc) is 2.78. The minimum Gasteiger partial charge on any atom is -0.497 e. The van der Waals surface area contributed by atoms with Gasteiger partial charge in [0.25, 0.3) is 0 Å². The molecule has 2 aromatic rings. The van der Waals surface area contributed by atoms with Crippen LogP contribution in [0.5, 0.6) is 11.5 Å². The maximum atomic E-state index is 13.3. The zero-order valence-electron chi connectivity index (χ0n) is 16.9. The van der Waals surface area contributed by atoms with Crippen LogP contribution in [0.15, 0.2) is 53.4 Å². The molecule has 2 aromatic carbocycles. The fourth-order valence-electron chi connectivity index (χ4n) is 3.54. The summed E-state index contributed by atoms with van der Waals surface area (Å²) in [4.78, 5) is 14.6. The third-order valence-corrected chi connectivity index (χ3v) is 7.08. The van der Waals surface area contributed by atoms with Gasteiger partial charge in [0.1, 0.15) is 16.4 Å². The summed E-state index contributed by atoms with van der Waals surface area (Å²) in [5.74, 6) is 0.188. The molecule has 1 fully saturated rings. The molecule has 29 heavy (non-hydrogen) atoms. The van der Waals surface area contributed by atoms with Crippen LogP contribution in [0, 0.1) is 5.92 Å². The SMILES string of the molecule is COc1ccc(OC)c(S(=O)(=O)N2CCC[C@H](C(=O)N(C)c3ccccc3)C2)c1. The van der Waals surface area contributed by atoms with E-state index in [1.807, 2.05) is 30.3 Å². The van der Waals surface area contributed by atoms with Crippen LogP contribution in [0.2, 0.25) is 0 Å². The van der Waals surface area contributed by atoms with Crippen LogP contribution in [0.3, 0.4) is 0 Å². The minimum atomic E-state index is -3.84. The van der Waals surface area contributed by atoms with Gasteiger partial charge >= 0.3 is 0 Å². The van der Waals surface area contributed by atoms with Crippen molar-refractivity contribution in [1.29, 1.82) is 0 Å². The highest BCUT2D eigenvalue weighted by Crippen LogP contribution is 2.33. The van der Waals surface area contributed by atoms with E-state index in [0.717, 1.165) is 5.69 Å². The topological polar surface area (TPSA) is 76.1 Å². The average molecular weight is 419 g/mol.